The molecule has 0 saturated heterocycles. The summed E-state index contributed by atoms with van der Waals surface area (Å²) < 4.78 is 24.8. The lowest BCUT2D eigenvalue weighted by Gasteiger charge is -2.34. The van der Waals surface area contributed by atoms with E-state index in [2.05, 4.69) is 5.32 Å². The number of rotatable bonds is 11. The SMILES string of the molecule is CC(C)(C)OC(=O)C(CCOc1ccc(F)cc1)CC1(C(=O)N[C@H]2CSc3ccccc3N(CC(=O)O)C2=O)CCCC1. The van der Waals surface area contributed by atoms with Crippen molar-refractivity contribution in [3.8, 4) is 5.75 Å². The molecule has 232 valence electrons. The van der Waals surface area contributed by atoms with Crippen LogP contribution in [0.3, 0.4) is 0 Å². The van der Waals surface area contributed by atoms with Crippen molar-refractivity contribution in [2.24, 2.45) is 11.3 Å². The Bertz CT molecular complexity index is 1320. The minimum Gasteiger partial charge on any atom is -0.494 e. The number of nitrogens with one attached hydrogen (secondary N) is 1. The molecule has 43 heavy (non-hydrogen) atoms. The van der Waals surface area contributed by atoms with Gasteiger partial charge in [0.15, 0.2) is 0 Å². The topological polar surface area (TPSA) is 122 Å². The van der Waals surface area contributed by atoms with Gasteiger partial charge in [0.05, 0.1) is 23.6 Å². The van der Waals surface area contributed by atoms with Crippen LogP contribution in [0.2, 0.25) is 0 Å². The zero-order chi connectivity index (χ0) is 31.2. The van der Waals surface area contributed by atoms with E-state index in [1.807, 2.05) is 12.1 Å². The molecule has 1 saturated carbocycles. The van der Waals surface area contributed by atoms with Crippen LogP contribution in [0.1, 0.15) is 59.3 Å². The molecule has 4 rings (SSSR count). The normalized spacial score (nSPS) is 18.7. The van der Waals surface area contributed by atoms with Gasteiger partial charge in [0, 0.05) is 10.6 Å². The van der Waals surface area contributed by atoms with E-state index in [1.54, 1.807) is 32.9 Å². The average molecular weight is 615 g/mol. The number of carbonyl (C=O) groups excluding carboxylic acids is 3. The van der Waals surface area contributed by atoms with Crippen molar-refractivity contribution in [2.75, 3.05) is 23.8 Å². The second kappa shape index (κ2) is 13.8. The first-order valence-corrected chi connectivity index (χ1v) is 15.5. The molecule has 9 nitrogen and oxygen atoms in total. The Morgan fingerprint density at radius 2 is 1.79 bits per heavy atom. The molecule has 1 heterocycles. The van der Waals surface area contributed by atoms with Crippen molar-refractivity contribution < 1.29 is 38.1 Å². The fourth-order valence-corrected chi connectivity index (χ4v) is 6.73. The van der Waals surface area contributed by atoms with Crippen LogP contribution in [0, 0.1) is 17.2 Å². The quantitative estimate of drug-likeness (QED) is 0.331. The Morgan fingerprint density at radius 3 is 2.44 bits per heavy atom. The van der Waals surface area contributed by atoms with Crippen LogP contribution in [0.4, 0.5) is 10.1 Å². The maximum Gasteiger partial charge on any atom is 0.323 e. The minimum absolute atomic E-state index is 0.160. The van der Waals surface area contributed by atoms with Crippen LogP contribution in [-0.2, 0) is 23.9 Å². The lowest BCUT2D eigenvalue weighted by molar-refractivity contribution is -0.162. The summed E-state index contributed by atoms with van der Waals surface area (Å²) in [6.07, 6.45) is 3.18. The van der Waals surface area contributed by atoms with Gasteiger partial charge in [-0.25, -0.2) is 4.39 Å². The second-order valence-corrected chi connectivity index (χ2v) is 13.2. The zero-order valence-corrected chi connectivity index (χ0v) is 25.6. The van der Waals surface area contributed by atoms with Crippen LogP contribution < -0.4 is 15.0 Å². The third-order valence-electron chi connectivity index (χ3n) is 7.69. The van der Waals surface area contributed by atoms with Crippen molar-refractivity contribution in [3.63, 3.8) is 0 Å². The molecule has 2 aromatic carbocycles. The van der Waals surface area contributed by atoms with E-state index >= 15 is 0 Å². The summed E-state index contributed by atoms with van der Waals surface area (Å²) in [5.41, 5.74) is -1.14. The molecule has 2 atom stereocenters. The number of amides is 2. The highest BCUT2D eigenvalue weighted by Gasteiger charge is 2.46. The lowest BCUT2D eigenvalue weighted by Crippen LogP contribution is -2.54. The average Bonchev–Trinajstić information content (AvgIpc) is 3.38. The Kier molecular flexibility index (Phi) is 10.4. The highest BCUT2D eigenvalue weighted by Crippen LogP contribution is 2.45. The summed E-state index contributed by atoms with van der Waals surface area (Å²) in [7, 11) is 0. The number of fused-ring (bicyclic) bond motifs is 1. The number of halogens is 1. The van der Waals surface area contributed by atoms with Gasteiger partial charge in [-0.1, -0.05) is 25.0 Å². The van der Waals surface area contributed by atoms with Crippen molar-refractivity contribution in [1.29, 1.82) is 0 Å². The van der Waals surface area contributed by atoms with Crippen LogP contribution >= 0.6 is 11.8 Å². The molecule has 0 spiro atoms. The van der Waals surface area contributed by atoms with Gasteiger partial charge in [0.1, 0.15) is 29.8 Å². The van der Waals surface area contributed by atoms with E-state index in [9.17, 15) is 28.7 Å². The summed E-state index contributed by atoms with van der Waals surface area (Å²) in [6.45, 7) is 4.98. The number of hydrogen-bond acceptors (Lipinski definition) is 7. The number of para-hydroxylation sites is 1. The van der Waals surface area contributed by atoms with Crippen LogP contribution in [0.15, 0.2) is 53.4 Å². The fraction of sp³-hybridized carbons (Fsp3) is 0.500. The largest absolute Gasteiger partial charge is 0.494 e. The number of thioether (sulfide) groups is 1. The summed E-state index contributed by atoms with van der Waals surface area (Å²) in [5, 5.41) is 12.5. The van der Waals surface area contributed by atoms with Crippen LogP contribution in [0.25, 0.3) is 0 Å². The minimum atomic E-state index is -1.16. The molecule has 0 aromatic heterocycles. The number of anilines is 1. The molecule has 1 aliphatic carbocycles. The maximum absolute atomic E-state index is 14.0. The van der Waals surface area contributed by atoms with Gasteiger partial charge in [-0.3, -0.25) is 24.1 Å². The van der Waals surface area contributed by atoms with Crippen LogP contribution in [0.5, 0.6) is 5.75 Å². The van der Waals surface area contributed by atoms with E-state index in [0.29, 0.717) is 24.3 Å². The van der Waals surface area contributed by atoms with E-state index in [-0.39, 0.29) is 36.9 Å². The zero-order valence-electron chi connectivity index (χ0n) is 24.8. The van der Waals surface area contributed by atoms with E-state index < -0.39 is 47.4 Å². The molecule has 2 N–H and O–H groups in total. The Labute approximate surface area is 255 Å². The molecule has 0 bridgehead atoms. The number of carbonyl (C=O) groups is 4. The van der Waals surface area contributed by atoms with Gasteiger partial charge in [-0.05, 0) is 82.9 Å². The first kappa shape index (κ1) is 32.3. The Hall–Kier alpha value is -3.60. The Balaban J connectivity index is 1.52. The van der Waals surface area contributed by atoms with Gasteiger partial charge in [0.2, 0.25) is 5.91 Å². The predicted molar refractivity (Wildman–Crippen MR) is 160 cm³/mol. The Morgan fingerprint density at radius 1 is 1.12 bits per heavy atom. The number of carboxylic acids is 1. The molecule has 2 aliphatic rings. The summed E-state index contributed by atoms with van der Waals surface area (Å²) in [5.74, 6) is -2.72. The third kappa shape index (κ3) is 8.49. The fourth-order valence-electron chi connectivity index (χ4n) is 5.65. The predicted octanol–water partition coefficient (Wildman–Crippen LogP) is 5.21. The number of nitrogens with zero attached hydrogens (tertiary/aromatic N) is 1. The molecular formula is C32H39FN2O7S. The number of aliphatic carboxylic acids is 1. The summed E-state index contributed by atoms with van der Waals surface area (Å²) >= 11 is 1.39. The third-order valence-corrected chi connectivity index (χ3v) is 8.85. The molecule has 0 radical (unpaired) electrons. The van der Waals surface area contributed by atoms with E-state index in [4.69, 9.17) is 9.47 Å². The smallest absolute Gasteiger partial charge is 0.323 e. The maximum atomic E-state index is 14.0. The highest BCUT2D eigenvalue weighted by atomic mass is 32.2. The van der Waals surface area contributed by atoms with E-state index in [0.717, 1.165) is 17.7 Å². The second-order valence-electron chi connectivity index (χ2n) is 12.1. The number of carboxylic acid groups (broad SMARTS) is 1. The first-order chi connectivity index (χ1) is 20.4. The number of hydrogen-bond donors (Lipinski definition) is 2. The standard InChI is InChI=1S/C32H39FN2O7S/c1-31(2,3)42-29(39)21(14-17-41-23-12-10-22(33)11-13-23)18-32(15-6-7-16-32)30(40)34-24-20-43-26-9-5-4-8-25(26)35(28(24)38)19-27(36)37/h4-5,8-13,21,24H,6-7,14-20H2,1-3H3,(H,34,40)(H,36,37)/t21?,24-/m0/s1. The molecule has 1 aliphatic heterocycles. The lowest BCUT2D eigenvalue weighted by atomic mass is 9.75. The molecular weight excluding hydrogens is 575 g/mol. The van der Waals surface area contributed by atoms with Crippen molar-refractivity contribution in [3.05, 3.63) is 54.3 Å². The van der Waals surface area contributed by atoms with Crippen LogP contribution in [-0.4, -0.2) is 59.4 Å². The molecule has 1 fully saturated rings. The van der Waals surface area contributed by atoms with E-state index in [1.165, 1.54) is 40.9 Å². The molecule has 1 unspecified atom stereocenters. The summed E-state index contributed by atoms with van der Waals surface area (Å²) in [4.78, 5) is 54.6. The highest BCUT2D eigenvalue weighted by molar-refractivity contribution is 7.99. The van der Waals surface area contributed by atoms with Gasteiger partial charge in [-0.2, -0.15) is 0 Å². The molecule has 2 amide bonds. The van der Waals surface area contributed by atoms with Crippen molar-refractivity contribution in [2.45, 2.75) is 75.8 Å². The number of benzene rings is 2. The number of esters is 1. The first-order valence-electron chi connectivity index (χ1n) is 14.5. The summed E-state index contributed by atoms with van der Waals surface area (Å²) in [6, 6.07) is 11.7. The van der Waals surface area contributed by atoms with Gasteiger partial charge in [0.25, 0.3) is 5.91 Å². The molecule has 2 aromatic rings. The monoisotopic (exact) mass is 614 g/mol. The molecule has 11 heteroatoms. The van der Waals surface area contributed by atoms with Crippen molar-refractivity contribution >= 4 is 41.2 Å². The number of ether oxygens (including phenoxy) is 2. The van der Waals surface area contributed by atoms with Crippen molar-refractivity contribution in [1.82, 2.24) is 5.32 Å². The van der Waals surface area contributed by atoms with Gasteiger partial charge >= 0.3 is 11.9 Å². The van der Waals surface area contributed by atoms with Gasteiger partial charge in [-0.15, -0.1) is 11.8 Å². The van der Waals surface area contributed by atoms with Gasteiger partial charge < -0.3 is 19.9 Å².